The fourth-order valence-corrected chi connectivity index (χ4v) is 6.76. The molecule has 0 aliphatic carbocycles. The highest BCUT2D eigenvalue weighted by Crippen LogP contribution is 2.44. The summed E-state index contributed by atoms with van der Waals surface area (Å²) in [6, 6.07) is 11.4. The minimum Gasteiger partial charge on any atom is -0.337 e. The molecule has 2 N–H and O–H groups in total. The molecule has 2 unspecified atom stereocenters. The van der Waals surface area contributed by atoms with E-state index in [1.807, 2.05) is 12.1 Å². The summed E-state index contributed by atoms with van der Waals surface area (Å²) in [6.07, 6.45) is 6.60. The monoisotopic (exact) mass is 460 g/mol. The van der Waals surface area contributed by atoms with Crippen LogP contribution >= 0.6 is 0 Å². The van der Waals surface area contributed by atoms with E-state index in [4.69, 9.17) is 0 Å². The average molecular weight is 461 g/mol. The van der Waals surface area contributed by atoms with Gasteiger partial charge >= 0.3 is 0 Å². The van der Waals surface area contributed by atoms with Crippen LogP contribution in [0.3, 0.4) is 0 Å². The molecule has 0 amide bonds. The second-order valence-electron chi connectivity index (χ2n) is 10.3. The molecule has 2 fully saturated rings. The lowest BCUT2D eigenvalue weighted by Crippen LogP contribution is -2.26. The van der Waals surface area contributed by atoms with Gasteiger partial charge in [-0.25, -0.2) is 8.78 Å². The maximum atomic E-state index is 14.4. The van der Waals surface area contributed by atoms with Crippen LogP contribution < -0.4 is 10.6 Å². The Morgan fingerprint density at radius 3 is 1.59 bits per heavy atom. The summed E-state index contributed by atoms with van der Waals surface area (Å²) in [6.45, 7) is 3.65. The van der Waals surface area contributed by atoms with Crippen molar-refractivity contribution >= 4 is 21.8 Å². The maximum absolute atomic E-state index is 14.4. The molecule has 0 saturated carbocycles. The van der Waals surface area contributed by atoms with E-state index in [2.05, 4.69) is 19.8 Å². The summed E-state index contributed by atoms with van der Waals surface area (Å²) in [7, 11) is 0. The minimum absolute atomic E-state index is 0.193. The molecule has 3 aliphatic rings. The first-order valence-electron chi connectivity index (χ1n) is 12.8. The number of aromatic nitrogens is 2. The molecule has 2 saturated heterocycles. The summed E-state index contributed by atoms with van der Waals surface area (Å²) in [5, 5.41) is 9.62. The van der Waals surface area contributed by atoms with Crippen molar-refractivity contribution in [2.75, 3.05) is 13.1 Å². The van der Waals surface area contributed by atoms with Crippen molar-refractivity contribution < 1.29 is 8.78 Å². The van der Waals surface area contributed by atoms with Crippen LogP contribution in [0.4, 0.5) is 8.78 Å². The quantitative estimate of drug-likeness (QED) is 0.442. The molecule has 5 heterocycles. The van der Waals surface area contributed by atoms with Gasteiger partial charge in [0.05, 0.1) is 22.4 Å². The van der Waals surface area contributed by atoms with Crippen LogP contribution in [-0.2, 0) is 25.9 Å². The van der Waals surface area contributed by atoms with Gasteiger partial charge < -0.3 is 19.8 Å². The molecular weight excluding hydrogens is 430 g/mol. The van der Waals surface area contributed by atoms with Crippen LogP contribution in [0.15, 0.2) is 36.4 Å². The van der Waals surface area contributed by atoms with Crippen LogP contribution in [0.25, 0.3) is 33.2 Å². The van der Waals surface area contributed by atoms with Crippen molar-refractivity contribution in [2.24, 2.45) is 0 Å². The molecule has 2 atom stereocenters. The number of hydrogen-bond donors (Lipinski definition) is 2. The van der Waals surface area contributed by atoms with E-state index >= 15 is 0 Å². The Bertz CT molecular complexity index is 1300. The standard InChI is InChI=1S/C28H30F2N4/c29-17-5-7-21-23(15-19-3-1-9-31-19)27-28-24(16-20-4-2-10-32-20)22-8-6-18(30)14-26(22)34(28)12-11-33(27)25(21)13-17/h5-8,13-14,19-20,31-32H,1-4,9-12,15-16H2. The molecule has 4 aromatic rings. The first-order valence-corrected chi connectivity index (χ1v) is 12.8. The predicted octanol–water partition coefficient (Wildman–Crippen LogP) is 5.14. The Hall–Kier alpha value is -2.70. The zero-order valence-corrected chi connectivity index (χ0v) is 19.3. The van der Waals surface area contributed by atoms with E-state index in [1.54, 1.807) is 24.3 Å². The van der Waals surface area contributed by atoms with E-state index in [1.165, 1.54) is 48.2 Å². The molecule has 0 bridgehead atoms. The summed E-state index contributed by atoms with van der Waals surface area (Å²) in [5.41, 5.74) is 7.00. The molecule has 176 valence electrons. The lowest BCUT2D eigenvalue weighted by atomic mass is 9.95. The highest BCUT2D eigenvalue weighted by atomic mass is 19.1. The predicted molar refractivity (Wildman–Crippen MR) is 132 cm³/mol. The summed E-state index contributed by atoms with van der Waals surface area (Å²) < 4.78 is 33.5. The smallest absolute Gasteiger partial charge is 0.125 e. The zero-order valence-electron chi connectivity index (χ0n) is 19.3. The number of hydrogen-bond acceptors (Lipinski definition) is 2. The Labute approximate surface area is 197 Å². The molecule has 2 aromatic carbocycles. The van der Waals surface area contributed by atoms with Gasteiger partial charge in [-0.1, -0.05) is 0 Å². The second kappa shape index (κ2) is 7.92. The van der Waals surface area contributed by atoms with E-state index in [0.29, 0.717) is 12.1 Å². The van der Waals surface area contributed by atoms with Gasteiger partial charge in [-0.05, 0) is 99.1 Å². The minimum atomic E-state index is -0.193. The molecule has 0 spiro atoms. The van der Waals surface area contributed by atoms with E-state index in [-0.39, 0.29) is 11.6 Å². The Morgan fingerprint density at radius 1 is 0.706 bits per heavy atom. The van der Waals surface area contributed by atoms with Crippen LogP contribution in [0.1, 0.15) is 36.8 Å². The normalized spacial score (nSPS) is 22.1. The largest absolute Gasteiger partial charge is 0.337 e. The fraction of sp³-hybridized carbons (Fsp3) is 0.429. The van der Waals surface area contributed by atoms with Crippen molar-refractivity contribution in [3.05, 3.63) is 59.2 Å². The Kier molecular flexibility index (Phi) is 4.81. The maximum Gasteiger partial charge on any atom is 0.125 e. The number of benzene rings is 2. The summed E-state index contributed by atoms with van der Waals surface area (Å²) in [5.74, 6) is -0.385. The van der Waals surface area contributed by atoms with Gasteiger partial charge in [0.1, 0.15) is 11.6 Å². The van der Waals surface area contributed by atoms with Gasteiger partial charge in [0.2, 0.25) is 0 Å². The lowest BCUT2D eigenvalue weighted by molar-refractivity contribution is 0.564. The van der Waals surface area contributed by atoms with Crippen LogP contribution in [-0.4, -0.2) is 34.3 Å². The lowest BCUT2D eigenvalue weighted by Gasteiger charge is -2.24. The molecule has 34 heavy (non-hydrogen) atoms. The fourth-order valence-electron chi connectivity index (χ4n) is 6.76. The summed E-state index contributed by atoms with van der Waals surface area (Å²) in [4.78, 5) is 0. The number of rotatable bonds is 4. The first-order chi connectivity index (χ1) is 16.7. The van der Waals surface area contributed by atoms with Crippen molar-refractivity contribution in [3.8, 4) is 11.4 Å². The molecule has 2 aromatic heterocycles. The number of nitrogens with zero attached hydrogens (tertiary/aromatic N) is 2. The Balaban J connectivity index is 1.51. The third kappa shape index (κ3) is 3.15. The van der Waals surface area contributed by atoms with Crippen molar-refractivity contribution in [1.29, 1.82) is 0 Å². The summed E-state index contributed by atoms with van der Waals surface area (Å²) >= 11 is 0. The van der Waals surface area contributed by atoms with Gasteiger partial charge in [-0.15, -0.1) is 0 Å². The number of aryl methyl sites for hydroxylation is 2. The third-order valence-electron chi connectivity index (χ3n) is 8.26. The van der Waals surface area contributed by atoms with Crippen molar-refractivity contribution in [3.63, 3.8) is 0 Å². The number of nitrogens with one attached hydrogen (secondary N) is 2. The topological polar surface area (TPSA) is 33.9 Å². The SMILES string of the molecule is Fc1ccc2c(CC3CCCN3)c3n(c2c1)CCn1c-3c(CC2CCCN2)c2ccc(F)cc21. The van der Waals surface area contributed by atoms with E-state index in [0.717, 1.165) is 60.8 Å². The van der Waals surface area contributed by atoms with Gasteiger partial charge in [0.15, 0.2) is 0 Å². The van der Waals surface area contributed by atoms with E-state index < -0.39 is 0 Å². The Morgan fingerprint density at radius 2 is 1.18 bits per heavy atom. The van der Waals surface area contributed by atoms with Gasteiger partial charge in [-0.2, -0.15) is 0 Å². The van der Waals surface area contributed by atoms with Crippen LogP contribution in [0, 0.1) is 11.6 Å². The van der Waals surface area contributed by atoms with Gasteiger partial charge in [0.25, 0.3) is 0 Å². The third-order valence-corrected chi connectivity index (χ3v) is 8.26. The zero-order chi connectivity index (χ0) is 22.8. The molecule has 6 heteroatoms. The molecular formula is C28H30F2N4. The van der Waals surface area contributed by atoms with Crippen molar-refractivity contribution in [2.45, 2.75) is 63.7 Å². The number of fused-ring (bicyclic) bond motifs is 7. The number of halogens is 2. The second-order valence-corrected chi connectivity index (χ2v) is 10.3. The van der Waals surface area contributed by atoms with Crippen LogP contribution in [0.2, 0.25) is 0 Å². The van der Waals surface area contributed by atoms with Crippen LogP contribution in [0.5, 0.6) is 0 Å². The first kappa shape index (κ1) is 20.7. The highest BCUT2D eigenvalue weighted by molar-refractivity contribution is 5.98. The van der Waals surface area contributed by atoms with Crippen molar-refractivity contribution in [1.82, 2.24) is 19.8 Å². The highest BCUT2D eigenvalue weighted by Gasteiger charge is 2.32. The molecule has 0 radical (unpaired) electrons. The van der Waals surface area contributed by atoms with Gasteiger partial charge in [-0.3, -0.25) is 0 Å². The molecule has 3 aliphatic heterocycles. The molecule has 4 nitrogen and oxygen atoms in total. The average Bonchev–Trinajstić information content (AvgIpc) is 3.63. The van der Waals surface area contributed by atoms with Gasteiger partial charge in [0, 0.05) is 35.9 Å². The van der Waals surface area contributed by atoms with E-state index in [9.17, 15) is 8.78 Å². The molecule has 7 rings (SSSR count).